The summed E-state index contributed by atoms with van der Waals surface area (Å²) in [5, 5.41) is 3.11. The summed E-state index contributed by atoms with van der Waals surface area (Å²) in [6.07, 6.45) is 2.75. The second-order valence-corrected chi connectivity index (χ2v) is 10.5. The van der Waals surface area contributed by atoms with Gasteiger partial charge >= 0.3 is 6.09 Å². The molecule has 6 rings (SSSR count). The molecule has 4 aliphatic heterocycles. The second kappa shape index (κ2) is 8.43. The third-order valence-electron chi connectivity index (χ3n) is 7.28. The number of carbonyl (C=O) groups is 1. The lowest BCUT2D eigenvalue weighted by Crippen LogP contribution is -2.52. The van der Waals surface area contributed by atoms with Crippen molar-refractivity contribution in [1.29, 1.82) is 0 Å². The minimum atomic E-state index is -0.302. The Kier molecular flexibility index (Phi) is 5.62. The van der Waals surface area contributed by atoms with E-state index in [2.05, 4.69) is 73.5 Å². The quantitative estimate of drug-likeness (QED) is 0.713. The van der Waals surface area contributed by atoms with Crippen molar-refractivity contribution in [2.24, 2.45) is 5.92 Å². The maximum Gasteiger partial charge on any atom is 0.407 e. The summed E-state index contributed by atoms with van der Waals surface area (Å²) in [5.41, 5.74) is 4.78. The van der Waals surface area contributed by atoms with Gasteiger partial charge in [0, 0.05) is 18.5 Å². The Morgan fingerprint density at radius 3 is 2.41 bits per heavy atom. The van der Waals surface area contributed by atoms with Gasteiger partial charge in [-0.15, -0.1) is 0 Å². The van der Waals surface area contributed by atoms with Crippen LogP contribution in [0.4, 0.5) is 4.79 Å². The molecule has 2 atom stereocenters. The van der Waals surface area contributed by atoms with Gasteiger partial charge in [-0.2, -0.15) is 0 Å². The maximum absolute atomic E-state index is 12.7. The molecule has 1 amide bonds. The van der Waals surface area contributed by atoms with Crippen LogP contribution >= 0.6 is 0 Å². The molecule has 1 N–H and O–H groups in total. The number of fused-ring (bicyclic) bond motifs is 4. The summed E-state index contributed by atoms with van der Waals surface area (Å²) < 4.78 is 11.8. The molecule has 0 spiro atoms. The molecule has 2 aromatic carbocycles. The predicted octanol–water partition coefficient (Wildman–Crippen LogP) is 5.30. The van der Waals surface area contributed by atoms with Crippen molar-refractivity contribution < 1.29 is 14.3 Å². The first-order valence-electron chi connectivity index (χ1n) is 11.9. The molecule has 4 aliphatic rings. The minimum absolute atomic E-state index is 0.0234. The van der Waals surface area contributed by atoms with Gasteiger partial charge in [0.15, 0.2) is 0 Å². The summed E-state index contributed by atoms with van der Waals surface area (Å²) in [6.45, 7) is 10.4. The van der Waals surface area contributed by atoms with Crippen LogP contribution in [0.3, 0.4) is 0 Å². The molecule has 0 aliphatic carbocycles. The Morgan fingerprint density at radius 2 is 1.75 bits per heavy atom. The van der Waals surface area contributed by atoms with Crippen LogP contribution in [0.25, 0.3) is 11.1 Å². The molecule has 4 heterocycles. The normalized spacial score (nSPS) is 26.7. The highest BCUT2D eigenvalue weighted by atomic mass is 16.6. The first-order chi connectivity index (χ1) is 15.4. The van der Waals surface area contributed by atoms with E-state index in [-0.39, 0.29) is 23.7 Å². The van der Waals surface area contributed by atoms with Gasteiger partial charge in [0.2, 0.25) is 0 Å². The van der Waals surface area contributed by atoms with E-state index in [4.69, 9.17) is 9.47 Å². The Labute approximate surface area is 191 Å². The lowest BCUT2D eigenvalue weighted by atomic mass is 9.86. The van der Waals surface area contributed by atoms with Crippen LogP contribution in [0.2, 0.25) is 0 Å². The third-order valence-corrected chi connectivity index (χ3v) is 7.28. The first kappa shape index (κ1) is 21.3. The summed E-state index contributed by atoms with van der Waals surface area (Å²) in [4.78, 5) is 15.1. The van der Waals surface area contributed by atoms with Crippen LogP contribution in [0.1, 0.15) is 57.2 Å². The third kappa shape index (κ3) is 4.36. The zero-order chi connectivity index (χ0) is 22.3. The molecule has 0 saturated carbocycles. The summed E-state index contributed by atoms with van der Waals surface area (Å²) in [5.74, 6) is 1.36. The Bertz CT molecular complexity index is 971. The Balaban J connectivity index is 1.27. The fourth-order valence-electron chi connectivity index (χ4n) is 5.24. The van der Waals surface area contributed by atoms with Crippen LogP contribution in [0.5, 0.6) is 5.75 Å². The maximum atomic E-state index is 12.7. The van der Waals surface area contributed by atoms with Crippen LogP contribution in [-0.4, -0.2) is 43.3 Å². The predicted molar refractivity (Wildman–Crippen MR) is 126 cm³/mol. The number of alkyl carbamates (subject to hydrolysis) is 1. The molecule has 3 fully saturated rings. The van der Waals surface area contributed by atoms with Gasteiger partial charge in [-0.3, -0.25) is 4.90 Å². The Morgan fingerprint density at radius 1 is 1.03 bits per heavy atom. The number of benzene rings is 2. The fraction of sp³-hybridized carbons (Fsp3) is 0.519. The van der Waals surface area contributed by atoms with Gasteiger partial charge < -0.3 is 14.8 Å². The van der Waals surface area contributed by atoms with Crippen LogP contribution in [-0.2, 0) is 10.2 Å². The molecule has 0 radical (unpaired) electrons. The van der Waals surface area contributed by atoms with E-state index in [9.17, 15) is 4.79 Å². The van der Waals surface area contributed by atoms with E-state index < -0.39 is 0 Å². The molecule has 0 aromatic heterocycles. The molecular formula is C27H34N2O3. The van der Waals surface area contributed by atoms with Gasteiger partial charge in [0.25, 0.3) is 0 Å². The summed E-state index contributed by atoms with van der Waals surface area (Å²) in [6, 6.07) is 15.0. The average Bonchev–Trinajstić information content (AvgIpc) is 2.79. The van der Waals surface area contributed by atoms with Gasteiger partial charge in [-0.05, 0) is 60.0 Å². The molecule has 5 heteroatoms. The lowest BCUT2D eigenvalue weighted by molar-refractivity contribution is -0.0342. The van der Waals surface area contributed by atoms with Crippen molar-refractivity contribution in [3.63, 3.8) is 0 Å². The molecule has 2 aromatic rings. The number of ether oxygens (including phenoxy) is 2. The number of hydrogen-bond donors (Lipinski definition) is 1. The van der Waals surface area contributed by atoms with Crippen molar-refractivity contribution in [3.05, 3.63) is 53.6 Å². The van der Waals surface area contributed by atoms with E-state index in [0.29, 0.717) is 12.5 Å². The average molecular weight is 435 g/mol. The van der Waals surface area contributed by atoms with E-state index in [0.717, 1.165) is 55.8 Å². The largest absolute Gasteiger partial charge is 0.493 e. The number of piperidine rings is 3. The van der Waals surface area contributed by atoms with E-state index in [1.165, 1.54) is 11.1 Å². The number of nitrogens with zero attached hydrogens (tertiary/aromatic N) is 1. The van der Waals surface area contributed by atoms with E-state index in [1.807, 2.05) is 0 Å². The standard InChI is InChI=1S/C27H34N2O3/c1-27(2,3)21-7-4-18(5-8-21)20-6-9-22-23(12-15-31-24(22)16-20)28-26(30)32-25-17-29-13-10-19(25)11-14-29/h4-9,16,19,23,25H,10-15,17H2,1-3H3,(H,28,30)/t23?,25-/m0/s1. The van der Waals surface area contributed by atoms with Crippen LogP contribution in [0.15, 0.2) is 42.5 Å². The zero-order valence-corrected chi connectivity index (χ0v) is 19.4. The van der Waals surface area contributed by atoms with E-state index >= 15 is 0 Å². The molecular weight excluding hydrogens is 400 g/mol. The molecule has 32 heavy (non-hydrogen) atoms. The number of rotatable bonds is 3. The topological polar surface area (TPSA) is 50.8 Å². The summed E-state index contributed by atoms with van der Waals surface area (Å²) in [7, 11) is 0. The molecule has 5 nitrogen and oxygen atoms in total. The van der Waals surface area contributed by atoms with Crippen molar-refractivity contribution in [2.75, 3.05) is 26.2 Å². The molecule has 1 unspecified atom stereocenters. The number of nitrogens with one attached hydrogen (secondary N) is 1. The summed E-state index contributed by atoms with van der Waals surface area (Å²) >= 11 is 0. The highest BCUT2D eigenvalue weighted by molar-refractivity contribution is 5.70. The van der Waals surface area contributed by atoms with Gasteiger partial charge in [0.05, 0.1) is 12.6 Å². The van der Waals surface area contributed by atoms with Crippen LogP contribution in [0, 0.1) is 5.92 Å². The zero-order valence-electron chi connectivity index (χ0n) is 19.4. The van der Waals surface area contributed by atoms with Crippen molar-refractivity contribution in [2.45, 2.75) is 57.6 Å². The van der Waals surface area contributed by atoms with Crippen molar-refractivity contribution in [1.82, 2.24) is 10.2 Å². The van der Waals surface area contributed by atoms with Crippen molar-refractivity contribution >= 4 is 6.09 Å². The number of amides is 1. The smallest absolute Gasteiger partial charge is 0.407 e. The molecule has 3 saturated heterocycles. The monoisotopic (exact) mass is 434 g/mol. The van der Waals surface area contributed by atoms with E-state index in [1.54, 1.807) is 0 Å². The fourth-order valence-corrected chi connectivity index (χ4v) is 5.24. The van der Waals surface area contributed by atoms with Gasteiger partial charge in [0.1, 0.15) is 11.9 Å². The minimum Gasteiger partial charge on any atom is -0.493 e. The lowest BCUT2D eigenvalue weighted by Gasteiger charge is -2.44. The van der Waals surface area contributed by atoms with Crippen molar-refractivity contribution in [3.8, 4) is 16.9 Å². The molecule has 170 valence electrons. The SMILES string of the molecule is CC(C)(C)c1ccc(-c2ccc3c(c2)OCCC3NC(=O)O[C@H]2CN3CCC2CC3)cc1. The highest BCUT2D eigenvalue weighted by Gasteiger charge is 2.37. The number of carbonyl (C=O) groups excluding carboxylic acids is 1. The van der Waals surface area contributed by atoms with Crippen LogP contribution < -0.4 is 10.1 Å². The second-order valence-electron chi connectivity index (χ2n) is 10.5. The Hall–Kier alpha value is -2.53. The van der Waals surface area contributed by atoms with Gasteiger partial charge in [-0.25, -0.2) is 4.79 Å². The van der Waals surface area contributed by atoms with Gasteiger partial charge in [-0.1, -0.05) is 57.2 Å². The molecule has 2 bridgehead atoms. The highest BCUT2D eigenvalue weighted by Crippen LogP contribution is 2.36. The number of hydrogen-bond acceptors (Lipinski definition) is 4. The first-order valence-corrected chi connectivity index (χ1v) is 11.9.